The number of hydrogen-bond acceptors (Lipinski definition) is 6. The summed E-state index contributed by atoms with van der Waals surface area (Å²) in [5.74, 6) is -0.0546. The van der Waals surface area contributed by atoms with Gasteiger partial charge in [-0.25, -0.2) is 0 Å². The second-order valence-electron chi connectivity index (χ2n) is 8.13. The summed E-state index contributed by atoms with van der Waals surface area (Å²) in [6.07, 6.45) is 0.362. The van der Waals surface area contributed by atoms with Gasteiger partial charge in [-0.3, -0.25) is 19.8 Å². The molecular weight excluding hydrogens is 434 g/mol. The van der Waals surface area contributed by atoms with E-state index >= 15 is 0 Å². The molecule has 0 atom stereocenters. The SMILES string of the molecule is O=C(CCN1CCN(Cc2ccccc2)CC1)c1ccc(Sc2ccccc2)c([N+](=O)[O-])c1. The van der Waals surface area contributed by atoms with Crippen molar-refractivity contribution in [3.05, 3.63) is 100 Å². The van der Waals surface area contributed by atoms with E-state index in [1.54, 1.807) is 12.1 Å². The van der Waals surface area contributed by atoms with Crippen LogP contribution in [0.4, 0.5) is 5.69 Å². The van der Waals surface area contributed by atoms with Gasteiger partial charge in [0.25, 0.3) is 5.69 Å². The van der Waals surface area contributed by atoms with Gasteiger partial charge < -0.3 is 4.90 Å². The zero-order chi connectivity index (χ0) is 23.0. The maximum Gasteiger partial charge on any atom is 0.283 e. The third kappa shape index (κ3) is 6.51. The minimum absolute atomic E-state index is 0.0239. The monoisotopic (exact) mass is 461 g/mol. The number of hydrogen-bond donors (Lipinski definition) is 0. The average Bonchev–Trinajstić information content (AvgIpc) is 2.85. The number of rotatable bonds is 9. The van der Waals surface area contributed by atoms with Crippen LogP contribution in [-0.2, 0) is 6.54 Å². The van der Waals surface area contributed by atoms with Gasteiger partial charge in [0.15, 0.2) is 5.78 Å². The van der Waals surface area contributed by atoms with Crippen molar-refractivity contribution in [2.75, 3.05) is 32.7 Å². The number of piperazine rings is 1. The Kier molecular flexibility index (Phi) is 7.88. The van der Waals surface area contributed by atoms with Crippen LogP contribution in [0, 0.1) is 10.1 Å². The summed E-state index contributed by atoms with van der Waals surface area (Å²) < 4.78 is 0. The third-order valence-corrected chi connectivity index (χ3v) is 6.89. The molecule has 0 aromatic heterocycles. The lowest BCUT2D eigenvalue weighted by atomic mass is 10.1. The van der Waals surface area contributed by atoms with Crippen LogP contribution in [0.5, 0.6) is 0 Å². The highest BCUT2D eigenvalue weighted by atomic mass is 32.2. The number of nitro groups is 1. The fraction of sp³-hybridized carbons (Fsp3) is 0.269. The van der Waals surface area contributed by atoms with Gasteiger partial charge in [0.05, 0.1) is 9.82 Å². The van der Waals surface area contributed by atoms with Crippen LogP contribution < -0.4 is 0 Å². The summed E-state index contributed by atoms with van der Waals surface area (Å²) in [6, 6.07) is 24.8. The van der Waals surface area contributed by atoms with E-state index in [9.17, 15) is 14.9 Å². The van der Waals surface area contributed by atoms with E-state index < -0.39 is 4.92 Å². The molecule has 1 fully saturated rings. The molecular formula is C26H27N3O3S. The van der Waals surface area contributed by atoms with Crippen molar-refractivity contribution >= 4 is 23.2 Å². The minimum atomic E-state index is -0.409. The largest absolute Gasteiger partial charge is 0.300 e. The normalized spacial score (nSPS) is 14.8. The summed E-state index contributed by atoms with van der Waals surface area (Å²) in [5.41, 5.74) is 1.70. The molecule has 6 nitrogen and oxygen atoms in total. The van der Waals surface area contributed by atoms with Crippen LogP contribution in [0.2, 0.25) is 0 Å². The van der Waals surface area contributed by atoms with Crippen LogP contribution in [-0.4, -0.2) is 53.2 Å². The van der Waals surface area contributed by atoms with E-state index in [0.717, 1.165) is 37.6 Å². The first kappa shape index (κ1) is 23.2. The van der Waals surface area contributed by atoms with Gasteiger partial charge in [-0.2, -0.15) is 0 Å². The maximum atomic E-state index is 12.8. The van der Waals surface area contributed by atoms with Crippen molar-refractivity contribution in [2.45, 2.75) is 22.8 Å². The molecule has 1 saturated heterocycles. The predicted octanol–water partition coefficient (Wildman–Crippen LogP) is 5.14. The van der Waals surface area contributed by atoms with Gasteiger partial charge in [-0.05, 0) is 29.8 Å². The predicted molar refractivity (Wildman–Crippen MR) is 131 cm³/mol. The van der Waals surface area contributed by atoms with Crippen LogP contribution in [0.3, 0.4) is 0 Å². The molecule has 0 bridgehead atoms. The van der Waals surface area contributed by atoms with Gasteiger partial charge in [0.1, 0.15) is 0 Å². The van der Waals surface area contributed by atoms with Crippen LogP contribution in [0.25, 0.3) is 0 Å². The first-order valence-electron chi connectivity index (χ1n) is 11.1. The molecule has 4 rings (SSSR count). The summed E-state index contributed by atoms with van der Waals surface area (Å²) in [6.45, 7) is 5.41. The fourth-order valence-electron chi connectivity index (χ4n) is 3.95. The van der Waals surface area contributed by atoms with Crippen molar-refractivity contribution in [1.29, 1.82) is 0 Å². The Labute approximate surface area is 198 Å². The van der Waals surface area contributed by atoms with Crippen molar-refractivity contribution in [1.82, 2.24) is 9.80 Å². The Morgan fingerprint density at radius 2 is 1.52 bits per heavy atom. The van der Waals surface area contributed by atoms with Gasteiger partial charge in [-0.15, -0.1) is 0 Å². The molecule has 0 aliphatic carbocycles. The standard InChI is InChI=1S/C26H27N3O3S/c30-25(13-14-27-15-17-28(18-16-27)20-21-7-3-1-4-8-21)22-11-12-26(24(19-22)29(31)32)33-23-9-5-2-6-10-23/h1-12,19H,13-18,20H2. The lowest BCUT2D eigenvalue weighted by Crippen LogP contribution is -2.46. The molecule has 3 aromatic carbocycles. The van der Waals surface area contributed by atoms with Crippen LogP contribution in [0.1, 0.15) is 22.3 Å². The molecule has 0 amide bonds. The molecule has 7 heteroatoms. The number of nitrogens with zero attached hydrogens (tertiary/aromatic N) is 3. The number of benzene rings is 3. The van der Waals surface area contributed by atoms with Crippen LogP contribution in [0.15, 0.2) is 88.7 Å². The molecule has 0 spiro atoms. The lowest BCUT2D eigenvalue weighted by Gasteiger charge is -2.34. The molecule has 170 valence electrons. The number of Topliss-reactive ketones (excluding diaryl/α,β-unsaturated/α-hetero) is 1. The molecule has 1 aliphatic heterocycles. The van der Waals surface area contributed by atoms with Crippen molar-refractivity contribution in [3.8, 4) is 0 Å². The molecule has 33 heavy (non-hydrogen) atoms. The van der Waals surface area contributed by atoms with Crippen molar-refractivity contribution in [3.63, 3.8) is 0 Å². The zero-order valence-electron chi connectivity index (χ0n) is 18.4. The van der Waals surface area contributed by atoms with E-state index in [1.165, 1.54) is 23.4 Å². The number of ketones is 1. The minimum Gasteiger partial charge on any atom is -0.300 e. The summed E-state index contributed by atoms with van der Waals surface area (Å²) in [4.78, 5) is 30.2. The van der Waals surface area contributed by atoms with E-state index in [0.29, 0.717) is 23.4 Å². The maximum absolute atomic E-state index is 12.8. The molecule has 1 heterocycles. The number of carbonyl (C=O) groups excluding carboxylic acids is 1. The first-order chi connectivity index (χ1) is 16.1. The molecule has 3 aromatic rings. The van der Waals surface area contributed by atoms with Crippen LogP contribution >= 0.6 is 11.8 Å². The Balaban J connectivity index is 1.30. The topological polar surface area (TPSA) is 66.7 Å². The Morgan fingerprint density at radius 1 is 0.879 bits per heavy atom. The van der Waals surface area contributed by atoms with Gasteiger partial charge in [-0.1, -0.05) is 60.3 Å². The highest BCUT2D eigenvalue weighted by molar-refractivity contribution is 7.99. The quantitative estimate of drug-likeness (QED) is 0.250. The highest BCUT2D eigenvalue weighted by Crippen LogP contribution is 2.35. The van der Waals surface area contributed by atoms with Gasteiger partial charge >= 0.3 is 0 Å². The zero-order valence-corrected chi connectivity index (χ0v) is 19.2. The smallest absolute Gasteiger partial charge is 0.283 e. The summed E-state index contributed by atoms with van der Waals surface area (Å²) in [5, 5.41) is 11.6. The molecule has 0 unspecified atom stereocenters. The highest BCUT2D eigenvalue weighted by Gasteiger charge is 2.21. The molecule has 0 N–H and O–H groups in total. The average molecular weight is 462 g/mol. The Morgan fingerprint density at radius 3 is 2.18 bits per heavy atom. The second-order valence-corrected chi connectivity index (χ2v) is 9.25. The Hall–Kier alpha value is -3.00. The summed E-state index contributed by atoms with van der Waals surface area (Å²) in [7, 11) is 0. The van der Waals surface area contributed by atoms with Crippen molar-refractivity contribution in [2.24, 2.45) is 0 Å². The number of carbonyl (C=O) groups is 1. The van der Waals surface area contributed by atoms with Gasteiger partial charge in [0.2, 0.25) is 0 Å². The lowest BCUT2D eigenvalue weighted by molar-refractivity contribution is -0.387. The summed E-state index contributed by atoms with van der Waals surface area (Å²) >= 11 is 1.33. The van der Waals surface area contributed by atoms with E-state index in [1.807, 2.05) is 36.4 Å². The first-order valence-corrected chi connectivity index (χ1v) is 11.9. The Bertz CT molecular complexity index is 1080. The second kappa shape index (κ2) is 11.2. The van der Waals surface area contributed by atoms with E-state index in [2.05, 4.69) is 34.1 Å². The number of nitro benzene ring substituents is 1. The molecule has 0 radical (unpaired) electrons. The van der Waals surface area contributed by atoms with E-state index in [-0.39, 0.29) is 11.5 Å². The van der Waals surface area contributed by atoms with Crippen molar-refractivity contribution < 1.29 is 9.72 Å². The molecule has 1 aliphatic rings. The van der Waals surface area contributed by atoms with Gasteiger partial charge in [0, 0.05) is 62.2 Å². The molecule has 0 saturated carbocycles. The fourth-order valence-corrected chi connectivity index (χ4v) is 4.87. The van der Waals surface area contributed by atoms with E-state index in [4.69, 9.17) is 0 Å². The third-order valence-electron chi connectivity index (χ3n) is 5.82.